The number of fused-ring (bicyclic) bond motifs is 1. The molecule has 0 saturated carbocycles. The number of hydrogen-bond donors (Lipinski definition) is 0. The standard InChI is InChI=1S/C27H28N2/c1-21-11-13-25(14-12-21)29-20-24(26-9-5-6-10-27(26)29)19-28-17-15-23(16-18-28)22-7-3-2-4-8-22/h2-14,20,23H,15-19H2,1H3. The van der Waals surface area contributed by atoms with Crippen LogP contribution in [0.15, 0.2) is 85.1 Å². The molecule has 0 N–H and O–H groups in total. The van der Waals surface area contributed by atoms with E-state index in [4.69, 9.17) is 0 Å². The molecular formula is C27H28N2. The van der Waals surface area contributed by atoms with Gasteiger partial charge in [0.15, 0.2) is 0 Å². The number of nitrogens with zero attached hydrogens (tertiary/aromatic N) is 2. The molecule has 0 amide bonds. The summed E-state index contributed by atoms with van der Waals surface area (Å²) in [5.74, 6) is 0.710. The lowest BCUT2D eigenvalue weighted by Crippen LogP contribution is -2.32. The molecule has 2 heterocycles. The molecule has 0 aliphatic carbocycles. The lowest BCUT2D eigenvalue weighted by atomic mass is 9.89. The summed E-state index contributed by atoms with van der Waals surface area (Å²) < 4.78 is 2.35. The molecule has 3 aromatic carbocycles. The van der Waals surface area contributed by atoms with E-state index >= 15 is 0 Å². The summed E-state index contributed by atoms with van der Waals surface area (Å²) in [7, 11) is 0. The first-order valence-electron chi connectivity index (χ1n) is 10.7. The van der Waals surface area contributed by atoms with Crippen molar-refractivity contribution in [2.45, 2.75) is 32.2 Å². The molecule has 1 aromatic heterocycles. The number of aromatic nitrogens is 1. The van der Waals surface area contributed by atoms with Crippen molar-refractivity contribution in [3.8, 4) is 5.69 Å². The Balaban J connectivity index is 1.37. The van der Waals surface area contributed by atoms with Crippen molar-refractivity contribution < 1.29 is 0 Å². The van der Waals surface area contributed by atoms with Crippen LogP contribution in [0.4, 0.5) is 0 Å². The van der Waals surface area contributed by atoms with Crippen molar-refractivity contribution in [2.75, 3.05) is 13.1 Å². The lowest BCUT2D eigenvalue weighted by molar-refractivity contribution is 0.205. The molecule has 0 atom stereocenters. The molecule has 1 aliphatic heterocycles. The fourth-order valence-corrected chi connectivity index (χ4v) is 4.69. The fourth-order valence-electron chi connectivity index (χ4n) is 4.69. The van der Waals surface area contributed by atoms with Crippen LogP contribution in [0, 0.1) is 6.92 Å². The van der Waals surface area contributed by atoms with Crippen LogP contribution in [0.1, 0.15) is 35.4 Å². The van der Waals surface area contributed by atoms with Gasteiger partial charge in [-0.1, -0.05) is 66.2 Å². The first-order valence-corrected chi connectivity index (χ1v) is 10.7. The maximum atomic E-state index is 2.63. The van der Waals surface area contributed by atoms with Crippen LogP contribution in [0.5, 0.6) is 0 Å². The number of rotatable bonds is 4. The topological polar surface area (TPSA) is 8.17 Å². The zero-order valence-electron chi connectivity index (χ0n) is 17.1. The third-order valence-electron chi connectivity index (χ3n) is 6.36. The zero-order chi connectivity index (χ0) is 19.6. The minimum absolute atomic E-state index is 0.710. The number of para-hydroxylation sites is 1. The Morgan fingerprint density at radius 3 is 2.24 bits per heavy atom. The second-order valence-electron chi connectivity index (χ2n) is 8.34. The normalized spacial score (nSPS) is 15.8. The van der Waals surface area contributed by atoms with Crippen molar-refractivity contribution in [3.63, 3.8) is 0 Å². The highest BCUT2D eigenvalue weighted by atomic mass is 15.1. The molecule has 2 nitrogen and oxygen atoms in total. The maximum Gasteiger partial charge on any atom is 0.0531 e. The van der Waals surface area contributed by atoms with E-state index in [0.29, 0.717) is 5.92 Å². The van der Waals surface area contributed by atoms with Crippen LogP contribution in [0.3, 0.4) is 0 Å². The Hall–Kier alpha value is -2.84. The molecule has 1 saturated heterocycles. The molecule has 146 valence electrons. The van der Waals surface area contributed by atoms with Gasteiger partial charge in [-0.3, -0.25) is 4.90 Å². The second-order valence-corrected chi connectivity index (χ2v) is 8.34. The van der Waals surface area contributed by atoms with Gasteiger partial charge in [0.1, 0.15) is 0 Å². The molecule has 0 radical (unpaired) electrons. The van der Waals surface area contributed by atoms with Gasteiger partial charge in [0.2, 0.25) is 0 Å². The molecule has 0 spiro atoms. The molecule has 29 heavy (non-hydrogen) atoms. The smallest absolute Gasteiger partial charge is 0.0531 e. The van der Waals surface area contributed by atoms with Gasteiger partial charge in [-0.15, -0.1) is 0 Å². The Bertz CT molecular complexity index is 1080. The number of hydrogen-bond acceptors (Lipinski definition) is 1. The molecule has 4 aromatic rings. The summed E-state index contributed by atoms with van der Waals surface area (Å²) >= 11 is 0. The Labute approximate surface area is 173 Å². The lowest BCUT2D eigenvalue weighted by Gasteiger charge is -2.32. The van der Waals surface area contributed by atoms with E-state index in [2.05, 4.69) is 101 Å². The Kier molecular flexibility index (Phi) is 4.95. The van der Waals surface area contributed by atoms with Crippen molar-refractivity contribution in [2.24, 2.45) is 0 Å². The summed E-state index contributed by atoms with van der Waals surface area (Å²) in [6, 6.07) is 28.7. The largest absolute Gasteiger partial charge is 0.316 e. The van der Waals surface area contributed by atoms with Crippen molar-refractivity contribution in [3.05, 3.63) is 102 Å². The van der Waals surface area contributed by atoms with E-state index in [1.165, 1.54) is 59.2 Å². The van der Waals surface area contributed by atoms with Gasteiger partial charge < -0.3 is 4.57 Å². The van der Waals surface area contributed by atoms with Gasteiger partial charge in [-0.25, -0.2) is 0 Å². The van der Waals surface area contributed by atoms with Gasteiger partial charge in [-0.05, 0) is 68.1 Å². The fraction of sp³-hybridized carbons (Fsp3) is 0.259. The number of piperidine rings is 1. The molecule has 5 rings (SSSR count). The highest BCUT2D eigenvalue weighted by Crippen LogP contribution is 2.31. The molecule has 1 fully saturated rings. The average Bonchev–Trinajstić information content (AvgIpc) is 3.14. The highest BCUT2D eigenvalue weighted by Gasteiger charge is 2.21. The maximum absolute atomic E-state index is 2.63. The van der Waals surface area contributed by atoms with Crippen LogP contribution in [0.25, 0.3) is 16.6 Å². The first-order chi connectivity index (χ1) is 14.3. The van der Waals surface area contributed by atoms with Crippen LogP contribution in [0.2, 0.25) is 0 Å². The number of likely N-dealkylation sites (tertiary alicyclic amines) is 1. The average molecular weight is 381 g/mol. The molecular weight excluding hydrogens is 352 g/mol. The van der Waals surface area contributed by atoms with E-state index in [1.807, 2.05) is 0 Å². The van der Waals surface area contributed by atoms with Crippen molar-refractivity contribution >= 4 is 10.9 Å². The highest BCUT2D eigenvalue weighted by molar-refractivity contribution is 5.85. The molecule has 2 heteroatoms. The first kappa shape index (κ1) is 18.2. The van der Waals surface area contributed by atoms with Gasteiger partial charge in [-0.2, -0.15) is 0 Å². The number of benzene rings is 3. The minimum atomic E-state index is 0.710. The van der Waals surface area contributed by atoms with Gasteiger partial charge in [0.25, 0.3) is 0 Å². The second kappa shape index (κ2) is 7.88. The monoisotopic (exact) mass is 380 g/mol. The zero-order valence-corrected chi connectivity index (χ0v) is 17.1. The van der Waals surface area contributed by atoms with E-state index in [0.717, 1.165) is 6.54 Å². The SMILES string of the molecule is Cc1ccc(-n2cc(CN3CCC(c4ccccc4)CC3)c3ccccc32)cc1. The van der Waals surface area contributed by atoms with Crippen LogP contribution < -0.4 is 0 Å². The summed E-state index contributed by atoms with van der Waals surface area (Å²) in [6.45, 7) is 5.51. The van der Waals surface area contributed by atoms with Crippen LogP contribution in [-0.2, 0) is 6.54 Å². The Morgan fingerprint density at radius 1 is 0.793 bits per heavy atom. The van der Waals surface area contributed by atoms with E-state index in [1.54, 1.807) is 0 Å². The van der Waals surface area contributed by atoms with E-state index in [-0.39, 0.29) is 0 Å². The summed E-state index contributed by atoms with van der Waals surface area (Å²) in [6.07, 6.45) is 4.85. The van der Waals surface area contributed by atoms with Crippen LogP contribution in [-0.4, -0.2) is 22.6 Å². The van der Waals surface area contributed by atoms with E-state index in [9.17, 15) is 0 Å². The van der Waals surface area contributed by atoms with Gasteiger partial charge in [0.05, 0.1) is 5.52 Å². The van der Waals surface area contributed by atoms with Gasteiger partial charge in [0, 0.05) is 23.8 Å². The predicted octanol–water partition coefficient (Wildman–Crippen LogP) is 6.32. The molecule has 0 unspecified atom stereocenters. The Morgan fingerprint density at radius 2 is 1.48 bits per heavy atom. The summed E-state index contributed by atoms with van der Waals surface area (Å²) in [5.41, 5.74) is 6.76. The van der Waals surface area contributed by atoms with E-state index < -0.39 is 0 Å². The third kappa shape index (κ3) is 3.73. The quantitative estimate of drug-likeness (QED) is 0.402. The molecule has 0 bridgehead atoms. The van der Waals surface area contributed by atoms with Crippen molar-refractivity contribution in [1.29, 1.82) is 0 Å². The molecule has 1 aliphatic rings. The van der Waals surface area contributed by atoms with Gasteiger partial charge >= 0.3 is 0 Å². The predicted molar refractivity (Wildman–Crippen MR) is 122 cm³/mol. The van der Waals surface area contributed by atoms with Crippen molar-refractivity contribution in [1.82, 2.24) is 9.47 Å². The number of aryl methyl sites for hydroxylation is 1. The minimum Gasteiger partial charge on any atom is -0.316 e. The van der Waals surface area contributed by atoms with Crippen LogP contribution >= 0.6 is 0 Å². The third-order valence-corrected chi connectivity index (χ3v) is 6.36. The summed E-state index contributed by atoms with van der Waals surface area (Å²) in [4.78, 5) is 2.63. The summed E-state index contributed by atoms with van der Waals surface area (Å²) in [5, 5.41) is 1.37.